The van der Waals surface area contributed by atoms with Gasteiger partial charge in [0.25, 0.3) is 0 Å². The lowest BCUT2D eigenvalue weighted by atomic mass is 9.82. The fraction of sp³-hybridized carbons (Fsp3) is 0.565. The van der Waals surface area contributed by atoms with Crippen LogP contribution in [0.4, 0.5) is 13.2 Å². The van der Waals surface area contributed by atoms with Gasteiger partial charge in [-0.3, -0.25) is 0 Å². The van der Waals surface area contributed by atoms with Crippen LogP contribution >= 0.6 is 11.3 Å². The van der Waals surface area contributed by atoms with E-state index in [4.69, 9.17) is 10.5 Å². The van der Waals surface area contributed by atoms with Crippen molar-refractivity contribution in [1.29, 1.82) is 0 Å². The van der Waals surface area contributed by atoms with E-state index < -0.39 is 16.6 Å². The topological polar surface area (TPSA) is 55.5 Å². The summed E-state index contributed by atoms with van der Waals surface area (Å²) in [6.45, 7) is 0.838. The average molecular weight is 440 g/mol. The van der Waals surface area contributed by atoms with Crippen molar-refractivity contribution in [3.05, 3.63) is 56.8 Å². The predicted molar refractivity (Wildman–Crippen MR) is 112 cm³/mol. The zero-order chi connectivity index (χ0) is 21.4. The number of halogens is 3. The molecule has 1 saturated carbocycles. The summed E-state index contributed by atoms with van der Waals surface area (Å²) in [4.78, 5) is 0.0372. The first-order valence-corrected chi connectivity index (χ1v) is 11.3. The zero-order valence-corrected chi connectivity index (χ0v) is 17.7. The van der Waals surface area contributed by atoms with Gasteiger partial charge in [0, 0.05) is 10.4 Å². The van der Waals surface area contributed by atoms with E-state index in [1.165, 1.54) is 22.8 Å². The number of thiophene rings is 1. The Hall–Kier alpha value is -1.41. The first kappa shape index (κ1) is 21.8. The second-order valence-electron chi connectivity index (χ2n) is 8.88. The van der Waals surface area contributed by atoms with Crippen molar-refractivity contribution in [2.75, 3.05) is 13.2 Å². The van der Waals surface area contributed by atoms with Gasteiger partial charge in [0.2, 0.25) is 0 Å². The van der Waals surface area contributed by atoms with E-state index in [0.29, 0.717) is 23.3 Å². The van der Waals surface area contributed by atoms with E-state index in [1.54, 1.807) is 0 Å². The molecule has 0 bridgehead atoms. The van der Waals surface area contributed by atoms with Crippen molar-refractivity contribution in [3.63, 3.8) is 0 Å². The molecular formula is C23H28F3NO2S. The van der Waals surface area contributed by atoms with E-state index >= 15 is 0 Å². The summed E-state index contributed by atoms with van der Waals surface area (Å²) in [5.41, 5.74) is 9.84. The van der Waals surface area contributed by atoms with Crippen LogP contribution in [0.25, 0.3) is 0 Å². The summed E-state index contributed by atoms with van der Waals surface area (Å²) >= 11 is 0.755. The highest BCUT2D eigenvalue weighted by molar-refractivity contribution is 7.12. The van der Waals surface area contributed by atoms with E-state index in [1.807, 2.05) is 0 Å². The van der Waals surface area contributed by atoms with Crippen LogP contribution in [0.15, 0.2) is 30.3 Å². The van der Waals surface area contributed by atoms with E-state index in [9.17, 15) is 18.3 Å². The summed E-state index contributed by atoms with van der Waals surface area (Å²) in [5.74, 6) is 0.809. The summed E-state index contributed by atoms with van der Waals surface area (Å²) < 4.78 is 43.8. The number of hydrogen-bond acceptors (Lipinski definition) is 4. The Morgan fingerprint density at radius 1 is 1.17 bits per heavy atom. The molecule has 3 nitrogen and oxygen atoms in total. The van der Waals surface area contributed by atoms with Crippen molar-refractivity contribution >= 4 is 11.3 Å². The third kappa shape index (κ3) is 4.90. The number of fused-ring (bicyclic) bond motifs is 1. The number of aliphatic hydroxyl groups excluding tert-OH is 1. The van der Waals surface area contributed by atoms with E-state index in [0.717, 1.165) is 55.9 Å². The maximum atomic E-state index is 12.7. The van der Waals surface area contributed by atoms with Gasteiger partial charge in [0.05, 0.1) is 19.8 Å². The Kier molecular flexibility index (Phi) is 6.26. The Morgan fingerprint density at radius 2 is 2.00 bits per heavy atom. The Morgan fingerprint density at radius 3 is 2.70 bits per heavy atom. The molecule has 2 aromatic rings. The maximum absolute atomic E-state index is 12.7. The SMILES string of the molecule is N[C@]1(CO)CC[C@H](c2ccc3c(c2)CCC(COCc2ccc(C(F)(F)F)s2)C3)C1. The molecular weight excluding hydrogens is 411 g/mol. The highest BCUT2D eigenvalue weighted by Gasteiger charge is 2.36. The van der Waals surface area contributed by atoms with Gasteiger partial charge in [0.1, 0.15) is 4.88 Å². The summed E-state index contributed by atoms with van der Waals surface area (Å²) in [7, 11) is 0. The maximum Gasteiger partial charge on any atom is 0.425 e. The number of aliphatic hydroxyl groups is 1. The van der Waals surface area contributed by atoms with Gasteiger partial charge in [-0.2, -0.15) is 13.2 Å². The van der Waals surface area contributed by atoms with Crippen molar-refractivity contribution in [2.24, 2.45) is 11.7 Å². The fourth-order valence-electron chi connectivity index (χ4n) is 4.77. The molecule has 0 spiro atoms. The summed E-state index contributed by atoms with van der Waals surface area (Å²) in [6.07, 6.45) is 1.39. The molecule has 0 radical (unpaired) electrons. The lowest BCUT2D eigenvalue weighted by molar-refractivity contribution is -0.134. The highest BCUT2D eigenvalue weighted by Crippen LogP contribution is 2.41. The number of ether oxygens (including phenoxy) is 1. The van der Waals surface area contributed by atoms with Crippen LogP contribution < -0.4 is 5.73 Å². The van der Waals surface area contributed by atoms with Gasteiger partial charge in [-0.15, -0.1) is 11.3 Å². The highest BCUT2D eigenvalue weighted by atomic mass is 32.1. The smallest absolute Gasteiger partial charge is 0.394 e. The standard InChI is InChI=1S/C23H28F3NO2S/c24-23(25,26)21-6-5-20(30-21)13-29-12-15-1-2-17-10-18(4-3-16(17)9-15)19-7-8-22(27,11-19)14-28/h3-6,10,15,19,28H,1-2,7-9,11-14,27H2/t15?,19-,22+/m0/s1. The first-order valence-electron chi connectivity index (χ1n) is 10.5. The zero-order valence-electron chi connectivity index (χ0n) is 16.9. The second-order valence-corrected chi connectivity index (χ2v) is 10.0. The van der Waals surface area contributed by atoms with Crippen LogP contribution in [-0.2, 0) is 30.4 Å². The number of hydrogen-bond donors (Lipinski definition) is 2. The molecule has 1 fully saturated rings. The Bertz CT molecular complexity index is 882. The van der Waals surface area contributed by atoms with Crippen molar-refractivity contribution < 1.29 is 23.0 Å². The minimum absolute atomic E-state index is 0.0408. The molecule has 1 aromatic carbocycles. The van der Waals surface area contributed by atoms with Crippen molar-refractivity contribution in [2.45, 2.75) is 62.8 Å². The molecule has 164 valence electrons. The minimum Gasteiger partial charge on any atom is -0.394 e. The predicted octanol–water partition coefficient (Wildman–Crippen LogP) is 5.05. The van der Waals surface area contributed by atoms with Crippen LogP contribution in [0.2, 0.25) is 0 Å². The van der Waals surface area contributed by atoms with Gasteiger partial charge >= 0.3 is 6.18 Å². The number of aryl methyl sites for hydroxylation is 1. The quantitative estimate of drug-likeness (QED) is 0.663. The Balaban J connectivity index is 1.29. The number of nitrogens with two attached hydrogens (primary N) is 1. The van der Waals surface area contributed by atoms with Gasteiger partial charge < -0.3 is 15.6 Å². The molecule has 7 heteroatoms. The molecule has 30 heavy (non-hydrogen) atoms. The molecule has 0 saturated heterocycles. The van der Waals surface area contributed by atoms with E-state index in [-0.39, 0.29) is 13.2 Å². The van der Waals surface area contributed by atoms with Crippen molar-refractivity contribution in [3.8, 4) is 0 Å². The lowest BCUT2D eigenvalue weighted by Gasteiger charge is -2.26. The molecule has 0 aliphatic heterocycles. The molecule has 2 aliphatic carbocycles. The van der Waals surface area contributed by atoms with Gasteiger partial charge in [0.15, 0.2) is 0 Å². The fourth-order valence-corrected chi connectivity index (χ4v) is 5.58. The van der Waals surface area contributed by atoms with Crippen LogP contribution in [0.3, 0.4) is 0 Å². The third-order valence-electron chi connectivity index (χ3n) is 6.53. The van der Waals surface area contributed by atoms with Gasteiger partial charge in [-0.25, -0.2) is 0 Å². The third-order valence-corrected chi connectivity index (χ3v) is 7.63. The first-order chi connectivity index (χ1) is 14.3. The molecule has 2 aliphatic rings. The van der Waals surface area contributed by atoms with Crippen LogP contribution in [0.1, 0.15) is 58.0 Å². The van der Waals surface area contributed by atoms with Gasteiger partial charge in [-0.05, 0) is 79.2 Å². The van der Waals surface area contributed by atoms with E-state index in [2.05, 4.69) is 18.2 Å². The molecule has 1 heterocycles. The molecule has 1 unspecified atom stereocenters. The summed E-state index contributed by atoms with van der Waals surface area (Å²) in [5, 5.41) is 9.51. The number of alkyl halides is 3. The summed E-state index contributed by atoms with van der Waals surface area (Å²) in [6, 6.07) is 9.34. The normalized spacial score (nSPS) is 26.7. The van der Waals surface area contributed by atoms with Gasteiger partial charge in [-0.1, -0.05) is 18.2 Å². The minimum atomic E-state index is -4.28. The number of benzene rings is 1. The molecule has 4 rings (SSSR count). The molecule has 1 aromatic heterocycles. The van der Waals surface area contributed by atoms with Crippen LogP contribution in [-0.4, -0.2) is 23.9 Å². The van der Waals surface area contributed by atoms with Crippen LogP contribution in [0, 0.1) is 5.92 Å². The van der Waals surface area contributed by atoms with Crippen molar-refractivity contribution in [1.82, 2.24) is 0 Å². The molecule has 0 amide bonds. The largest absolute Gasteiger partial charge is 0.425 e. The second kappa shape index (κ2) is 8.61. The number of rotatable bonds is 6. The monoisotopic (exact) mass is 439 g/mol. The van der Waals surface area contributed by atoms with Crippen LogP contribution in [0.5, 0.6) is 0 Å². The lowest BCUT2D eigenvalue weighted by Crippen LogP contribution is -2.40. The molecule has 3 atom stereocenters. The molecule has 3 N–H and O–H groups in total. The Labute approximate surface area is 179 Å². The average Bonchev–Trinajstić information content (AvgIpc) is 3.35.